The Bertz CT molecular complexity index is 1370. The molecule has 1 aliphatic rings. The summed E-state index contributed by atoms with van der Waals surface area (Å²) in [6.45, 7) is 3.18. The summed E-state index contributed by atoms with van der Waals surface area (Å²) in [5, 5.41) is 1.88. The number of hydrogen-bond donors (Lipinski definition) is 1. The normalized spacial score (nSPS) is 14.9. The molecule has 0 bridgehead atoms. The number of aromatic nitrogens is 1. The van der Waals surface area contributed by atoms with Gasteiger partial charge in [-0.3, -0.25) is 19.3 Å². The lowest BCUT2D eigenvalue weighted by Gasteiger charge is -2.12. The first kappa shape index (κ1) is 23.7. The van der Waals surface area contributed by atoms with Crippen molar-refractivity contribution in [1.82, 2.24) is 9.47 Å². The SMILES string of the molecule is Cc1cc(/C=C2/SC(=O)N(CC(=O)Nc3cccc(F)c3)C2=O)c(C)n1-c1ccc(F)c(Cl)c1. The van der Waals surface area contributed by atoms with Crippen LogP contribution in [0.3, 0.4) is 0 Å². The minimum absolute atomic E-state index is 0.0100. The van der Waals surface area contributed by atoms with Gasteiger partial charge in [0.2, 0.25) is 5.91 Å². The molecule has 34 heavy (non-hydrogen) atoms. The Morgan fingerprint density at radius 1 is 1.12 bits per heavy atom. The molecule has 0 spiro atoms. The first-order valence-corrected chi connectivity index (χ1v) is 11.3. The molecule has 3 amide bonds. The van der Waals surface area contributed by atoms with Crippen LogP contribution in [0.15, 0.2) is 53.4 Å². The molecule has 6 nitrogen and oxygen atoms in total. The molecular formula is C24H18ClF2N3O3S. The number of aryl methyl sites for hydroxylation is 1. The van der Waals surface area contributed by atoms with Gasteiger partial charge in [0.25, 0.3) is 11.1 Å². The van der Waals surface area contributed by atoms with Crippen molar-refractivity contribution in [2.45, 2.75) is 13.8 Å². The van der Waals surface area contributed by atoms with Crippen LogP contribution < -0.4 is 5.32 Å². The average molecular weight is 502 g/mol. The van der Waals surface area contributed by atoms with Gasteiger partial charge in [0.15, 0.2) is 0 Å². The smallest absolute Gasteiger partial charge is 0.294 e. The fraction of sp³-hybridized carbons (Fsp3) is 0.125. The maximum atomic E-state index is 13.6. The fourth-order valence-electron chi connectivity index (χ4n) is 3.64. The van der Waals surface area contributed by atoms with Crippen molar-refractivity contribution < 1.29 is 23.2 Å². The zero-order valence-corrected chi connectivity index (χ0v) is 19.6. The Kier molecular flexibility index (Phi) is 6.58. The van der Waals surface area contributed by atoms with E-state index in [1.165, 1.54) is 30.3 Å². The number of nitrogens with one attached hydrogen (secondary N) is 1. The molecule has 174 valence electrons. The summed E-state index contributed by atoms with van der Waals surface area (Å²) in [6.07, 6.45) is 1.58. The summed E-state index contributed by atoms with van der Waals surface area (Å²) >= 11 is 6.65. The van der Waals surface area contributed by atoms with Crippen LogP contribution in [0.2, 0.25) is 5.02 Å². The number of halogens is 3. The van der Waals surface area contributed by atoms with E-state index in [0.717, 1.165) is 34.1 Å². The number of carbonyl (C=O) groups excluding carboxylic acids is 3. The topological polar surface area (TPSA) is 71.4 Å². The van der Waals surface area contributed by atoms with Gasteiger partial charge in [-0.25, -0.2) is 8.78 Å². The van der Waals surface area contributed by atoms with E-state index in [4.69, 9.17) is 11.6 Å². The quantitative estimate of drug-likeness (QED) is 0.455. The summed E-state index contributed by atoms with van der Waals surface area (Å²) in [5.74, 6) is -2.27. The Labute approximate surface area is 203 Å². The van der Waals surface area contributed by atoms with Crippen LogP contribution in [-0.4, -0.2) is 33.1 Å². The number of hydrogen-bond acceptors (Lipinski definition) is 4. The average Bonchev–Trinajstić information content (AvgIpc) is 3.19. The van der Waals surface area contributed by atoms with Crippen LogP contribution in [0, 0.1) is 25.5 Å². The third kappa shape index (κ3) is 4.76. The van der Waals surface area contributed by atoms with Crippen molar-refractivity contribution in [2.24, 2.45) is 0 Å². The summed E-state index contributed by atoms with van der Waals surface area (Å²) in [6, 6.07) is 11.5. The third-order valence-corrected chi connectivity index (χ3v) is 6.40. The number of nitrogens with zero attached hydrogens (tertiary/aromatic N) is 2. The molecule has 0 unspecified atom stereocenters. The molecule has 4 rings (SSSR count). The molecule has 1 aromatic heterocycles. The minimum Gasteiger partial charge on any atom is -0.324 e. The number of imide groups is 1. The molecule has 1 saturated heterocycles. The van der Waals surface area contributed by atoms with E-state index in [1.54, 1.807) is 12.1 Å². The summed E-state index contributed by atoms with van der Waals surface area (Å²) < 4.78 is 28.7. The highest BCUT2D eigenvalue weighted by molar-refractivity contribution is 8.18. The van der Waals surface area contributed by atoms with Crippen LogP contribution in [-0.2, 0) is 9.59 Å². The second kappa shape index (κ2) is 9.44. The van der Waals surface area contributed by atoms with Crippen LogP contribution >= 0.6 is 23.4 Å². The van der Waals surface area contributed by atoms with Crippen molar-refractivity contribution in [2.75, 3.05) is 11.9 Å². The highest BCUT2D eigenvalue weighted by Gasteiger charge is 2.36. The van der Waals surface area contributed by atoms with Gasteiger partial charge in [-0.05, 0) is 79.7 Å². The Balaban J connectivity index is 1.54. The lowest BCUT2D eigenvalue weighted by Crippen LogP contribution is -2.36. The van der Waals surface area contributed by atoms with E-state index in [0.29, 0.717) is 11.3 Å². The Morgan fingerprint density at radius 2 is 1.88 bits per heavy atom. The monoisotopic (exact) mass is 501 g/mol. The number of carbonyl (C=O) groups is 3. The first-order valence-electron chi connectivity index (χ1n) is 10.1. The molecule has 10 heteroatoms. The van der Waals surface area contributed by atoms with E-state index in [2.05, 4.69) is 5.32 Å². The predicted octanol–water partition coefficient (Wildman–Crippen LogP) is 5.70. The molecule has 1 aliphatic heterocycles. The van der Waals surface area contributed by atoms with Crippen LogP contribution in [0.1, 0.15) is 17.0 Å². The standard InChI is InChI=1S/C24H18ClF2N3O3S/c1-13-8-15(14(2)30(13)18-6-7-20(27)19(25)11-18)9-21-23(32)29(24(33)34-21)12-22(31)28-17-5-3-4-16(26)10-17/h3-11H,12H2,1-2H3,(H,28,31)/b21-9+. The zero-order valence-electron chi connectivity index (χ0n) is 18.1. The molecule has 0 saturated carbocycles. The van der Waals surface area contributed by atoms with E-state index < -0.39 is 35.2 Å². The molecule has 0 atom stereocenters. The zero-order chi connectivity index (χ0) is 24.6. The van der Waals surface area contributed by atoms with Gasteiger partial charge < -0.3 is 9.88 Å². The van der Waals surface area contributed by atoms with Crippen molar-refractivity contribution in [1.29, 1.82) is 0 Å². The molecule has 1 N–H and O–H groups in total. The van der Waals surface area contributed by atoms with Crippen molar-refractivity contribution in [3.63, 3.8) is 0 Å². The summed E-state index contributed by atoms with van der Waals surface area (Å²) in [4.78, 5) is 38.5. The van der Waals surface area contributed by atoms with Gasteiger partial charge in [0.05, 0.1) is 9.93 Å². The van der Waals surface area contributed by atoms with Crippen LogP contribution in [0.25, 0.3) is 11.8 Å². The van der Waals surface area contributed by atoms with Crippen molar-refractivity contribution >= 4 is 52.2 Å². The first-order chi connectivity index (χ1) is 16.1. The van der Waals surface area contributed by atoms with E-state index in [9.17, 15) is 23.2 Å². The maximum absolute atomic E-state index is 13.6. The molecule has 2 aromatic carbocycles. The highest BCUT2D eigenvalue weighted by atomic mass is 35.5. The van der Waals surface area contributed by atoms with Gasteiger partial charge in [0, 0.05) is 22.8 Å². The van der Waals surface area contributed by atoms with E-state index in [-0.39, 0.29) is 15.6 Å². The maximum Gasteiger partial charge on any atom is 0.294 e. The number of rotatable bonds is 5. The molecule has 3 aromatic rings. The van der Waals surface area contributed by atoms with E-state index >= 15 is 0 Å². The number of amides is 3. The molecule has 2 heterocycles. The molecular weight excluding hydrogens is 484 g/mol. The van der Waals surface area contributed by atoms with Crippen LogP contribution in [0.4, 0.5) is 19.3 Å². The lowest BCUT2D eigenvalue weighted by atomic mass is 10.2. The number of anilines is 1. The lowest BCUT2D eigenvalue weighted by molar-refractivity contribution is -0.127. The second-order valence-electron chi connectivity index (χ2n) is 7.59. The summed E-state index contributed by atoms with van der Waals surface area (Å²) in [7, 11) is 0. The van der Waals surface area contributed by atoms with Crippen LogP contribution in [0.5, 0.6) is 0 Å². The second-order valence-corrected chi connectivity index (χ2v) is 8.99. The molecule has 0 aliphatic carbocycles. The predicted molar refractivity (Wildman–Crippen MR) is 128 cm³/mol. The Hall–Kier alpha value is -3.43. The summed E-state index contributed by atoms with van der Waals surface area (Å²) in [5.41, 5.74) is 3.15. The van der Waals surface area contributed by atoms with Gasteiger partial charge in [-0.2, -0.15) is 0 Å². The van der Waals surface area contributed by atoms with Crippen molar-refractivity contribution in [3.8, 4) is 5.69 Å². The van der Waals surface area contributed by atoms with Gasteiger partial charge in [0.1, 0.15) is 18.2 Å². The minimum atomic E-state index is -0.625. The third-order valence-electron chi connectivity index (χ3n) is 5.20. The highest BCUT2D eigenvalue weighted by Crippen LogP contribution is 2.34. The largest absolute Gasteiger partial charge is 0.324 e. The fourth-order valence-corrected chi connectivity index (χ4v) is 4.65. The van der Waals surface area contributed by atoms with Gasteiger partial charge in [-0.1, -0.05) is 17.7 Å². The molecule has 0 radical (unpaired) electrons. The van der Waals surface area contributed by atoms with Gasteiger partial charge in [-0.15, -0.1) is 0 Å². The molecule has 1 fully saturated rings. The number of thioether (sulfide) groups is 1. The van der Waals surface area contributed by atoms with Crippen molar-refractivity contribution in [3.05, 3.63) is 87.0 Å². The number of benzene rings is 2. The Morgan fingerprint density at radius 3 is 2.59 bits per heavy atom. The van der Waals surface area contributed by atoms with E-state index in [1.807, 2.05) is 24.5 Å². The van der Waals surface area contributed by atoms with Gasteiger partial charge >= 0.3 is 0 Å².